The first-order chi connectivity index (χ1) is 17.3. The lowest BCUT2D eigenvalue weighted by Crippen LogP contribution is -2.53. The molecule has 196 valence electrons. The molecule has 2 aliphatic rings. The number of urea groups is 1. The van der Waals surface area contributed by atoms with E-state index >= 15 is 0 Å². The van der Waals surface area contributed by atoms with E-state index in [4.69, 9.17) is 9.47 Å². The van der Waals surface area contributed by atoms with Gasteiger partial charge in [-0.3, -0.25) is 14.5 Å². The van der Waals surface area contributed by atoms with Crippen LogP contribution in [0.1, 0.15) is 56.1 Å². The Morgan fingerprint density at radius 3 is 2.33 bits per heavy atom. The summed E-state index contributed by atoms with van der Waals surface area (Å²) in [4.78, 5) is 20.4. The fraction of sp³-hybridized carbons (Fsp3) is 0.571. The maximum atomic E-state index is 13.8. The maximum absolute atomic E-state index is 13.8. The van der Waals surface area contributed by atoms with Gasteiger partial charge in [-0.1, -0.05) is 13.0 Å². The van der Waals surface area contributed by atoms with E-state index in [1.54, 1.807) is 14.2 Å². The van der Waals surface area contributed by atoms with Crippen molar-refractivity contribution in [1.82, 2.24) is 24.5 Å². The third kappa shape index (κ3) is 4.47. The van der Waals surface area contributed by atoms with Gasteiger partial charge in [0.2, 0.25) is 0 Å². The van der Waals surface area contributed by atoms with Gasteiger partial charge in [0.25, 0.3) is 0 Å². The third-order valence-corrected chi connectivity index (χ3v) is 7.92. The van der Waals surface area contributed by atoms with E-state index < -0.39 is 0 Å². The highest BCUT2D eigenvalue weighted by Crippen LogP contribution is 2.45. The number of benzene rings is 1. The predicted octanol–water partition coefficient (Wildman–Crippen LogP) is 4.50. The Bertz CT molecular complexity index is 1130. The second-order valence-electron chi connectivity index (χ2n) is 9.82. The number of likely N-dealkylation sites (tertiary alicyclic amines) is 1. The Morgan fingerprint density at radius 2 is 1.81 bits per heavy atom. The molecule has 0 saturated carbocycles. The average molecular weight is 496 g/mol. The SMILES string of the molecule is C/C=C1\N(Cc2cc(OC)cc(OC)c2CC)C(=O)N(CC)C12CCN(Cc1cc(C)nn1C)CC2. The van der Waals surface area contributed by atoms with Crippen LogP contribution in [0.4, 0.5) is 4.79 Å². The molecule has 2 fully saturated rings. The van der Waals surface area contributed by atoms with Crippen molar-refractivity contribution in [3.8, 4) is 11.5 Å². The molecule has 3 heterocycles. The van der Waals surface area contributed by atoms with E-state index in [0.29, 0.717) is 13.1 Å². The number of allylic oxidation sites excluding steroid dienone is 1. The lowest BCUT2D eigenvalue weighted by Gasteiger charge is -2.44. The molecule has 8 nitrogen and oxygen atoms in total. The first-order valence-electron chi connectivity index (χ1n) is 13.0. The van der Waals surface area contributed by atoms with Crippen LogP contribution in [0.15, 0.2) is 30.0 Å². The van der Waals surface area contributed by atoms with E-state index in [1.165, 1.54) is 5.69 Å². The highest BCUT2D eigenvalue weighted by atomic mass is 16.5. The second kappa shape index (κ2) is 10.5. The lowest BCUT2D eigenvalue weighted by molar-refractivity contribution is 0.0877. The zero-order valence-electron chi connectivity index (χ0n) is 22.9. The number of hydrogen-bond donors (Lipinski definition) is 0. The fourth-order valence-corrected chi connectivity index (χ4v) is 6.17. The zero-order valence-corrected chi connectivity index (χ0v) is 22.9. The van der Waals surface area contributed by atoms with Crippen LogP contribution in [0, 0.1) is 6.92 Å². The molecular formula is C28H41N5O3. The average Bonchev–Trinajstić information content (AvgIpc) is 3.30. The predicted molar refractivity (Wildman–Crippen MR) is 141 cm³/mol. The Hall–Kier alpha value is -3.00. The van der Waals surface area contributed by atoms with Crippen LogP contribution >= 0.6 is 0 Å². The van der Waals surface area contributed by atoms with Gasteiger partial charge in [0.1, 0.15) is 11.5 Å². The number of methoxy groups -OCH3 is 2. The minimum absolute atomic E-state index is 0.0881. The third-order valence-electron chi connectivity index (χ3n) is 7.92. The van der Waals surface area contributed by atoms with Crippen LogP contribution in [0.5, 0.6) is 11.5 Å². The summed E-state index contributed by atoms with van der Waals surface area (Å²) in [6, 6.07) is 6.21. The van der Waals surface area contributed by atoms with Crippen molar-refractivity contribution in [1.29, 1.82) is 0 Å². The topological polar surface area (TPSA) is 63.1 Å². The molecule has 1 aromatic heterocycles. The van der Waals surface area contributed by atoms with Crippen LogP contribution in [0.3, 0.4) is 0 Å². The molecule has 0 aliphatic carbocycles. The molecule has 0 N–H and O–H groups in total. The summed E-state index contributed by atoms with van der Waals surface area (Å²) in [5.41, 5.74) is 5.31. The zero-order chi connectivity index (χ0) is 26.0. The van der Waals surface area contributed by atoms with Gasteiger partial charge in [-0.25, -0.2) is 4.79 Å². The van der Waals surface area contributed by atoms with E-state index in [9.17, 15) is 4.79 Å². The number of hydrogen-bond acceptors (Lipinski definition) is 5. The van der Waals surface area contributed by atoms with Crippen LogP contribution in [-0.2, 0) is 26.6 Å². The normalized spacial score (nSPS) is 19.1. The number of aromatic nitrogens is 2. The Labute approximate surface area is 215 Å². The number of likely N-dealkylation sites (N-methyl/N-ethyl adjacent to an activating group) is 1. The van der Waals surface area contributed by atoms with Gasteiger partial charge >= 0.3 is 6.03 Å². The molecule has 36 heavy (non-hydrogen) atoms. The first-order valence-corrected chi connectivity index (χ1v) is 13.0. The van der Waals surface area contributed by atoms with Gasteiger partial charge in [0.15, 0.2) is 0 Å². The molecule has 1 aromatic carbocycles. The van der Waals surface area contributed by atoms with Crippen molar-refractivity contribution < 1.29 is 14.3 Å². The number of aryl methyl sites for hydroxylation is 2. The van der Waals surface area contributed by atoms with Crippen LogP contribution in [0.25, 0.3) is 0 Å². The van der Waals surface area contributed by atoms with Gasteiger partial charge in [0.05, 0.1) is 37.7 Å². The van der Waals surface area contributed by atoms with Crippen molar-refractivity contribution in [3.05, 3.63) is 52.5 Å². The summed E-state index contributed by atoms with van der Waals surface area (Å²) in [5.74, 6) is 1.55. The van der Waals surface area contributed by atoms with Crippen molar-refractivity contribution in [3.63, 3.8) is 0 Å². The number of carbonyl (C=O) groups is 1. The molecule has 2 aliphatic heterocycles. The van der Waals surface area contributed by atoms with Crippen LogP contribution in [0.2, 0.25) is 0 Å². The van der Waals surface area contributed by atoms with Gasteiger partial charge < -0.3 is 14.4 Å². The van der Waals surface area contributed by atoms with Gasteiger partial charge in [-0.2, -0.15) is 5.10 Å². The minimum atomic E-state index is -0.269. The molecule has 0 radical (unpaired) electrons. The van der Waals surface area contributed by atoms with Gasteiger partial charge in [0, 0.05) is 45.0 Å². The highest BCUT2D eigenvalue weighted by Gasteiger charge is 2.53. The van der Waals surface area contributed by atoms with Gasteiger partial charge in [-0.05, 0) is 63.3 Å². The Kier molecular flexibility index (Phi) is 7.64. The number of ether oxygens (including phenoxy) is 2. The number of carbonyl (C=O) groups excluding carboxylic acids is 1. The molecule has 4 rings (SSSR count). The summed E-state index contributed by atoms with van der Waals surface area (Å²) in [7, 11) is 5.36. The van der Waals surface area contributed by atoms with Crippen molar-refractivity contribution >= 4 is 6.03 Å². The molecule has 8 heteroatoms. The maximum Gasteiger partial charge on any atom is 0.325 e. The van der Waals surface area contributed by atoms with Gasteiger partial charge in [-0.15, -0.1) is 0 Å². The van der Waals surface area contributed by atoms with Crippen LogP contribution in [-0.4, -0.2) is 69.9 Å². The highest BCUT2D eigenvalue weighted by molar-refractivity contribution is 5.82. The van der Waals surface area contributed by atoms with E-state index in [0.717, 1.165) is 72.9 Å². The summed E-state index contributed by atoms with van der Waals surface area (Å²) >= 11 is 0. The summed E-state index contributed by atoms with van der Waals surface area (Å²) in [6.07, 6.45) is 4.81. The molecule has 2 aromatic rings. The summed E-state index contributed by atoms with van der Waals surface area (Å²) in [6.45, 7) is 12.3. The monoisotopic (exact) mass is 495 g/mol. The van der Waals surface area contributed by atoms with E-state index in [-0.39, 0.29) is 11.6 Å². The number of nitrogens with zero attached hydrogens (tertiary/aromatic N) is 5. The van der Waals surface area contributed by atoms with Crippen molar-refractivity contribution in [2.24, 2.45) is 7.05 Å². The molecule has 0 bridgehead atoms. The lowest BCUT2D eigenvalue weighted by atomic mass is 9.83. The smallest absolute Gasteiger partial charge is 0.325 e. The van der Waals surface area contributed by atoms with E-state index in [2.05, 4.69) is 47.8 Å². The fourth-order valence-electron chi connectivity index (χ4n) is 6.17. The molecule has 0 atom stereocenters. The van der Waals surface area contributed by atoms with Crippen molar-refractivity contribution in [2.75, 3.05) is 33.9 Å². The Morgan fingerprint density at radius 1 is 1.08 bits per heavy atom. The quantitative estimate of drug-likeness (QED) is 0.539. The molecular weight excluding hydrogens is 454 g/mol. The second-order valence-corrected chi connectivity index (χ2v) is 9.82. The summed E-state index contributed by atoms with van der Waals surface area (Å²) in [5, 5.41) is 4.50. The van der Waals surface area contributed by atoms with Crippen LogP contribution < -0.4 is 9.47 Å². The first kappa shape index (κ1) is 26.1. The standard InChI is InChI=1S/C28H41N5O3/c1-8-24-21(16-23(35-6)17-25(24)36-7)18-32-26(9-2)28(33(10-3)27(32)34)11-13-31(14-12-28)19-22-15-20(4)29-30(22)5/h9,15-17H,8,10-14,18-19H2,1-7H3/b26-9-. The number of amides is 2. The molecule has 2 amide bonds. The molecule has 2 saturated heterocycles. The minimum Gasteiger partial charge on any atom is -0.497 e. The molecule has 1 spiro atoms. The number of rotatable bonds is 8. The largest absolute Gasteiger partial charge is 0.497 e. The Balaban J connectivity index is 1.60. The summed E-state index contributed by atoms with van der Waals surface area (Å²) < 4.78 is 13.2. The molecule has 0 unspecified atom stereocenters. The van der Waals surface area contributed by atoms with E-state index in [1.807, 2.05) is 35.7 Å². The number of piperidine rings is 1. The van der Waals surface area contributed by atoms with Crippen molar-refractivity contribution in [2.45, 2.75) is 65.6 Å².